The predicted molar refractivity (Wildman–Crippen MR) is 92.7 cm³/mol. The van der Waals surface area contributed by atoms with Crippen molar-refractivity contribution < 1.29 is 26.7 Å². The third-order valence-electron chi connectivity index (χ3n) is 5.15. The van der Waals surface area contributed by atoms with E-state index in [2.05, 4.69) is 4.74 Å². The van der Waals surface area contributed by atoms with Gasteiger partial charge in [0.2, 0.25) is 0 Å². The summed E-state index contributed by atoms with van der Waals surface area (Å²) in [6.45, 7) is 1.85. The molecule has 2 aromatic rings. The van der Waals surface area contributed by atoms with Crippen molar-refractivity contribution >= 4 is 0 Å². The fraction of sp³-hybridized carbons (Fsp3) is 0.429. The molecule has 0 fully saturated rings. The lowest BCUT2D eigenvalue weighted by molar-refractivity contribution is -0.274. The Bertz CT molecular complexity index is 790. The third kappa shape index (κ3) is 4.99. The van der Waals surface area contributed by atoms with E-state index >= 15 is 0 Å². The number of benzene rings is 2. The zero-order chi connectivity index (χ0) is 19.6. The van der Waals surface area contributed by atoms with Gasteiger partial charge in [-0.15, -0.1) is 13.2 Å². The maximum atomic E-state index is 14.1. The minimum absolute atomic E-state index is 0.118. The van der Waals surface area contributed by atoms with E-state index in [0.29, 0.717) is 37.7 Å². The summed E-state index contributed by atoms with van der Waals surface area (Å²) in [5, 5.41) is 0. The summed E-state index contributed by atoms with van der Waals surface area (Å²) in [6, 6.07) is 7.17. The Morgan fingerprint density at radius 3 is 2.37 bits per heavy atom. The molecule has 0 saturated carbocycles. The lowest BCUT2D eigenvalue weighted by Gasteiger charge is -2.25. The first-order valence-electron chi connectivity index (χ1n) is 9.09. The van der Waals surface area contributed by atoms with Crippen LogP contribution >= 0.6 is 0 Å². The molecule has 0 aliphatic heterocycles. The van der Waals surface area contributed by atoms with Crippen molar-refractivity contribution in [3.63, 3.8) is 0 Å². The number of aryl methyl sites for hydroxylation is 2. The fourth-order valence-electron chi connectivity index (χ4n) is 3.70. The van der Waals surface area contributed by atoms with Gasteiger partial charge in [0, 0.05) is 5.56 Å². The predicted octanol–water partition coefficient (Wildman–Crippen LogP) is 6.16. The Kier molecular flexibility index (Phi) is 5.72. The van der Waals surface area contributed by atoms with Crippen LogP contribution in [0.15, 0.2) is 30.3 Å². The van der Waals surface area contributed by atoms with Gasteiger partial charge in [-0.3, -0.25) is 0 Å². The zero-order valence-electron chi connectivity index (χ0n) is 15.0. The third-order valence-corrected chi connectivity index (χ3v) is 5.15. The Labute approximate surface area is 155 Å². The maximum Gasteiger partial charge on any atom is 0.573 e. The zero-order valence-corrected chi connectivity index (χ0v) is 15.0. The van der Waals surface area contributed by atoms with Crippen molar-refractivity contribution in [3.8, 4) is 5.75 Å². The fourth-order valence-corrected chi connectivity index (χ4v) is 3.70. The van der Waals surface area contributed by atoms with Crippen LogP contribution in [0.2, 0.25) is 0 Å². The van der Waals surface area contributed by atoms with Gasteiger partial charge in [0.1, 0.15) is 17.4 Å². The second kappa shape index (κ2) is 7.87. The van der Waals surface area contributed by atoms with Crippen LogP contribution in [0.5, 0.6) is 5.75 Å². The van der Waals surface area contributed by atoms with Gasteiger partial charge in [-0.2, -0.15) is 0 Å². The van der Waals surface area contributed by atoms with Crippen LogP contribution in [0.3, 0.4) is 0 Å². The van der Waals surface area contributed by atoms with Crippen LogP contribution in [0.1, 0.15) is 42.0 Å². The smallest absolute Gasteiger partial charge is 0.406 e. The molecule has 6 heteroatoms. The van der Waals surface area contributed by atoms with Crippen molar-refractivity contribution in [1.29, 1.82) is 0 Å². The summed E-state index contributed by atoms with van der Waals surface area (Å²) in [5.74, 6) is -0.967. The van der Waals surface area contributed by atoms with Crippen LogP contribution in [0.25, 0.3) is 0 Å². The van der Waals surface area contributed by atoms with Gasteiger partial charge in [-0.25, -0.2) is 8.78 Å². The van der Waals surface area contributed by atoms with E-state index in [1.54, 1.807) is 6.07 Å². The minimum Gasteiger partial charge on any atom is -0.406 e. The first-order valence-corrected chi connectivity index (χ1v) is 9.09. The molecule has 0 heterocycles. The van der Waals surface area contributed by atoms with E-state index < -0.39 is 18.0 Å². The summed E-state index contributed by atoms with van der Waals surface area (Å²) in [6.07, 6.45) is -1.07. The van der Waals surface area contributed by atoms with Gasteiger partial charge in [0.15, 0.2) is 0 Å². The average molecular weight is 384 g/mol. The van der Waals surface area contributed by atoms with Crippen LogP contribution in [0, 0.1) is 17.6 Å². The lowest BCUT2D eigenvalue weighted by Crippen LogP contribution is -2.19. The highest BCUT2D eigenvalue weighted by atomic mass is 19.4. The summed E-state index contributed by atoms with van der Waals surface area (Å²) in [4.78, 5) is 0. The lowest BCUT2D eigenvalue weighted by atomic mass is 9.81. The first kappa shape index (κ1) is 19.6. The topological polar surface area (TPSA) is 9.23 Å². The number of alkyl halides is 3. The number of halogens is 5. The normalized spacial score (nSPS) is 16.9. The van der Waals surface area contributed by atoms with E-state index in [0.717, 1.165) is 17.5 Å². The summed E-state index contributed by atoms with van der Waals surface area (Å²) in [7, 11) is 0. The molecule has 2 aromatic carbocycles. The van der Waals surface area contributed by atoms with Crippen molar-refractivity contribution in [2.45, 2.75) is 51.8 Å². The van der Waals surface area contributed by atoms with Crippen LogP contribution in [-0.2, 0) is 25.7 Å². The van der Waals surface area contributed by atoms with Gasteiger partial charge in [-0.1, -0.05) is 13.0 Å². The minimum atomic E-state index is -4.70. The molecule has 1 unspecified atom stereocenters. The van der Waals surface area contributed by atoms with Crippen LogP contribution in [0.4, 0.5) is 22.0 Å². The van der Waals surface area contributed by atoms with E-state index in [9.17, 15) is 22.0 Å². The molecule has 27 heavy (non-hydrogen) atoms. The standard InChI is InChI=1S/C21H21F5O/c1-2-13-10-19(22)18(20(23)11-13)8-4-14-3-5-16-12-17(27-21(24,25)26)7-6-15(16)9-14/h6-7,10-12,14H,2-5,8-9H2,1H3. The summed E-state index contributed by atoms with van der Waals surface area (Å²) < 4.78 is 69.2. The SMILES string of the molecule is CCc1cc(F)c(CCC2CCc3cc(OC(F)(F)F)ccc3C2)c(F)c1. The van der Waals surface area contributed by atoms with Gasteiger partial charge in [-0.05, 0) is 85.4 Å². The highest BCUT2D eigenvalue weighted by Crippen LogP contribution is 2.33. The molecule has 3 rings (SSSR count). The summed E-state index contributed by atoms with van der Waals surface area (Å²) in [5.41, 5.74) is 2.57. The van der Waals surface area contributed by atoms with Crippen LogP contribution < -0.4 is 4.74 Å². The Balaban J connectivity index is 1.64. The molecule has 1 aliphatic carbocycles. The quantitative estimate of drug-likeness (QED) is 0.561. The number of rotatable bonds is 5. The summed E-state index contributed by atoms with van der Waals surface area (Å²) >= 11 is 0. The molecule has 0 N–H and O–H groups in total. The van der Waals surface area contributed by atoms with Crippen molar-refractivity contribution in [1.82, 2.24) is 0 Å². The second-order valence-corrected chi connectivity index (χ2v) is 7.02. The molecule has 0 amide bonds. The molecule has 1 nitrogen and oxygen atoms in total. The van der Waals surface area contributed by atoms with Gasteiger partial charge in [0.05, 0.1) is 0 Å². The molecule has 0 aromatic heterocycles. The highest BCUT2D eigenvalue weighted by molar-refractivity contribution is 5.37. The second-order valence-electron chi connectivity index (χ2n) is 7.02. The van der Waals surface area contributed by atoms with E-state index in [4.69, 9.17) is 0 Å². The molecular weight excluding hydrogens is 363 g/mol. The molecule has 0 radical (unpaired) electrons. The number of hydrogen-bond donors (Lipinski definition) is 0. The Morgan fingerprint density at radius 1 is 1.04 bits per heavy atom. The van der Waals surface area contributed by atoms with Crippen molar-refractivity contribution in [2.75, 3.05) is 0 Å². The molecular formula is C21H21F5O. The largest absolute Gasteiger partial charge is 0.573 e. The first-order chi connectivity index (χ1) is 12.7. The van der Waals surface area contributed by atoms with Crippen LogP contribution in [-0.4, -0.2) is 6.36 Å². The number of ether oxygens (including phenoxy) is 1. The molecule has 0 spiro atoms. The van der Waals surface area contributed by atoms with Gasteiger partial charge < -0.3 is 4.74 Å². The van der Waals surface area contributed by atoms with Crippen molar-refractivity contribution in [2.24, 2.45) is 5.92 Å². The number of fused-ring (bicyclic) bond motifs is 1. The molecule has 146 valence electrons. The molecule has 1 atom stereocenters. The van der Waals surface area contributed by atoms with E-state index in [-0.39, 0.29) is 17.2 Å². The highest BCUT2D eigenvalue weighted by Gasteiger charge is 2.31. The maximum absolute atomic E-state index is 14.1. The average Bonchev–Trinajstić information content (AvgIpc) is 2.59. The number of hydrogen-bond acceptors (Lipinski definition) is 1. The van der Waals surface area contributed by atoms with E-state index in [1.165, 1.54) is 24.3 Å². The Hall–Kier alpha value is -2.11. The van der Waals surface area contributed by atoms with Gasteiger partial charge in [0.25, 0.3) is 0 Å². The monoisotopic (exact) mass is 384 g/mol. The van der Waals surface area contributed by atoms with Crippen molar-refractivity contribution in [3.05, 3.63) is 64.2 Å². The molecule has 1 aliphatic rings. The van der Waals surface area contributed by atoms with E-state index in [1.807, 2.05) is 6.92 Å². The molecule has 0 saturated heterocycles. The Morgan fingerprint density at radius 2 is 1.74 bits per heavy atom. The van der Waals surface area contributed by atoms with Gasteiger partial charge >= 0.3 is 6.36 Å². The molecule has 0 bridgehead atoms.